The van der Waals surface area contributed by atoms with Gasteiger partial charge < -0.3 is 10.6 Å². The number of nitrogens with one attached hydrogen (secondary N) is 2. The second kappa shape index (κ2) is 7.14. The van der Waals surface area contributed by atoms with Gasteiger partial charge in [-0.05, 0) is 40.7 Å². The zero-order chi connectivity index (χ0) is 13.5. The van der Waals surface area contributed by atoms with E-state index in [-0.39, 0.29) is 11.8 Å². The van der Waals surface area contributed by atoms with Crippen molar-refractivity contribution in [2.45, 2.75) is 13.8 Å². The summed E-state index contributed by atoms with van der Waals surface area (Å²) >= 11 is 3.34. The lowest BCUT2D eigenvalue weighted by Crippen LogP contribution is -2.30. The van der Waals surface area contributed by atoms with Crippen LogP contribution < -0.4 is 10.6 Å². The van der Waals surface area contributed by atoms with Crippen molar-refractivity contribution in [3.05, 3.63) is 28.2 Å². The van der Waals surface area contributed by atoms with Crippen LogP contribution in [-0.4, -0.2) is 19.0 Å². The molecule has 18 heavy (non-hydrogen) atoms. The van der Waals surface area contributed by atoms with Gasteiger partial charge >= 0.3 is 0 Å². The largest absolute Gasteiger partial charge is 0.325 e. The van der Waals surface area contributed by atoms with Gasteiger partial charge in [0.1, 0.15) is 0 Å². The number of nitriles is 1. The first-order valence-corrected chi connectivity index (χ1v) is 6.59. The molecule has 1 aromatic rings. The molecule has 0 bridgehead atoms. The molecule has 0 spiro atoms. The summed E-state index contributed by atoms with van der Waals surface area (Å²) in [5.74, 6) is -0.145. The van der Waals surface area contributed by atoms with Gasteiger partial charge in [-0.1, -0.05) is 13.8 Å². The second-order valence-electron chi connectivity index (χ2n) is 4.00. The van der Waals surface area contributed by atoms with Crippen LogP contribution in [0.4, 0.5) is 5.69 Å². The lowest BCUT2D eigenvalue weighted by molar-refractivity contribution is -0.119. The van der Waals surface area contributed by atoms with Crippen LogP contribution in [0.15, 0.2) is 22.7 Å². The summed E-state index contributed by atoms with van der Waals surface area (Å²) in [6, 6.07) is 7.13. The van der Waals surface area contributed by atoms with Gasteiger partial charge in [-0.15, -0.1) is 0 Å². The topological polar surface area (TPSA) is 64.9 Å². The van der Waals surface area contributed by atoms with Crippen LogP contribution in [0.25, 0.3) is 0 Å². The highest BCUT2D eigenvalue weighted by molar-refractivity contribution is 9.10. The molecule has 0 heterocycles. The fourth-order valence-corrected chi connectivity index (χ4v) is 1.87. The maximum atomic E-state index is 11.9. The number of carbonyl (C=O) groups excluding carboxylic acids is 1. The van der Waals surface area contributed by atoms with Crippen molar-refractivity contribution in [1.29, 1.82) is 5.26 Å². The Labute approximate surface area is 116 Å². The zero-order valence-corrected chi connectivity index (χ0v) is 12.0. The van der Waals surface area contributed by atoms with Crippen LogP contribution >= 0.6 is 15.9 Å². The first-order valence-electron chi connectivity index (χ1n) is 5.79. The average Bonchev–Trinajstić information content (AvgIpc) is 2.38. The minimum Gasteiger partial charge on any atom is -0.325 e. The number of carbonyl (C=O) groups is 1. The van der Waals surface area contributed by atoms with Crippen molar-refractivity contribution in [1.82, 2.24) is 5.32 Å². The van der Waals surface area contributed by atoms with Crippen LogP contribution in [0, 0.1) is 17.2 Å². The van der Waals surface area contributed by atoms with Crippen molar-refractivity contribution in [3.8, 4) is 6.07 Å². The third-order valence-corrected chi connectivity index (χ3v) is 3.16. The third-order valence-electron chi connectivity index (χ3n) is 2.50. The van der Waals surface area contributed by atoms with E-state index in [9.17, 15) is 4.79 Å². The van der Waals surface area contributed by atoms with Crippen molar-refractivity contribution in [2.75, 3.05) is 18.4 Å². The predicted octanol–water partition coefficient (Wildman–Crippen LogP) is 2.50. The smallest absolute Gasteiger partial charge is 0.228 e. The average molecular weight is 310 g/mol. The Kier molecular flexibility index (Phi) is 5.83. The highest BCUT2D eigenvalue weighted by atomic mass is 79.9. The maximum Gasteiger partial charge on any atom is 0.228 e. The second-order valence-corrected chi connectivity index (χ2v) is 4.86. The molecule has 0 fully saturated rings. The number of benzene rings is 1. The van der Waals surface area contributed by atoms with Crippen LogP contribution in [0.2, 0.25) is 0 Å². The van der Waals surface area contributed by atoms with E-state index in [1.165, 1.54) is 0 Å². The molecular formula is C13H16BrN3O. The highest BCUT2D eigenvalue weighted by Crippen LogP contribution is 2.23. The summed E-state index contributed by atoms with van der Waals surface area (Å²) in [6.07, 6.45) is 0. The van der Waals surface area contributed by atoms with E-state index >= 15 is 0 Å². The number of rotatable bonds is 5. The van der Waals surface area contributed by atoms with Crippen LogP contribution in [-0.2, 0) is 4.79 Å². The van der Waals surface area contributed by atoms with Crippen LogP contribution in [0.3, 0.4) is 0 Å². The Morgan fingerprint density at radius 3 is 2.83 bits per heavy atom. The summed E-state index contributed by atoms with van der Waals surface area (Å²) in [5, 5.41) is 14.7. The SMILES string of the molecule is CCNCC(C)C(=O)Nc1ccc(C#N)cc1Br. The zero-order valence-electron chi connectivity index (χ0n) is 10.5. The molecule has 1 aromatic carbocycles. The predicted molar refractivity (Wildman–Crippen MR) is 75.2 cm³/mol. The number of hydrogen-bond donors (Lipinski definition) is 2. The van der Waals surface area contributed by atoms with E-state index < -0.39 is 0 Å². The van der Waals surface area contributed by atoms with Crippen molar-refractivity contribution in [2.24, 2.45) is 5.92 Å². The molecule has 1 amide bonds. The Morgan fingerprint density at radius 2 is 2.28 bits per heavy atom. The Morgan fingerprint density at radius 1 is 1.56 bits per heavy atom. The minimum atomic E-state index is -0.104. The summed E-state index contributed by atoms with van der Waals surface area (Å²) in [6.45, 7) is 5.37. The number of hydrogen-bond acceptors (Lipinski definition) is 3. The highest BCUT2D eigenvalue weighted by Gasteiger charge is 2.13. The molecule has 0 aliphatic rings. The van der Waals surface area contributed by atoms with Crippen molar-refractivity contribution in [3.63, 3.8) is 0 Å². The van der Waals surface area contributed by atoms with E-state index in [0.29, 0.717) is 22.3 Å². The molecule has 0 radical (unpaired) electrons. The van der Waals surface area contributed by atoms with Crippen molar-refractivity contribution < 1.29 is 4.79 Å². The Hall–Kier alpha value is -1.38. The molecule has 2 N–H and O–H groups in total. The first kappa shape index (κ1) is 14.7. The number of halogens is 1. The number of nitrogens with zero attached hydrogens (tertiary/aromatic N) is 1. The number of amides is 1. The Bertz CT molecular complexity index is 468. The fraction of sp³-hybridized carbons (Fsp3) is 0.385. The van der Waals surface area contributed by atoms with E-state index in [1.54, 1.807) is 18.2 Å². The van der Waals surface area contributed by atoms with Gasteiger partial charge in [0.05, 0.1) is 17.3 Å². The van der Waals surface area contributed by atoms with E-state index in [0.717, 1.165) is 6.54 Å². The van der Waals surface area contributed by atoms with E-state index in [2.05, 4.69) is 26.6 Å². The summed E-state index contributed by atoms with van der Waals surface area (Å²) in [5.41, 5.74) is 1.24. The quantitative estimate of drug-likeness (QED) is 0.878. The van der Waals surface area contributed by atoms with Gasteiger partial charge in [0, 0.05) is 16.9 Å². The lowest BCUT2D eigenvalue weighted by atomic mass is 10.1. The van der Waals surface area contributed by atoms with Gasteiger partial charge in [-0.3, -0.25) is 4.79 Å². The lowest BCUT2D eigenvalue weighted by Gasteiger charge is -2.13. The monoisotopic (exact) mass is 309 g/mol. The van der Waals surface area contributed by atoms with Gasteiger partial charge in [-0.2, -0.15) is 5.26 Å². The molecule has 4 nitrogen and oxygen atoms in total. The molecule has 1 atom stereocenters. The molecular weight excluding hydrogens is 294 g/mol. The van der Waals surface area contributed by atoms with Crippen molar-refractivity contribution >= 4 is 27.5 Å². The maximum absolute atomic E-state index is 11.9. The standard InChI is InChI=1S/C13H16BrN3O/c1-3-16-8-9(2)13(18)17-12-5-4-10(7-15)6-11(12)14/h4-6,9,16H,3,8H2,1-2H3,(H,17,18). The van der Waals surface area contributed by atoms with Gasteiger partial charge in [-0.25, -0.2) is 0 Å². The molecule has 0 aromatic heterocycles. The van der Waals surface area contributed by atoms with Gasteiger partial charge in [0.15, 0.2) is 0 Å². The molecule has 0 aliphatic carbocycles. The number of anilines is 1. The summed E-state index contributed by atoms with van der Waals surface area (Å²) < 4.78 is 0.713. The molecule has 96 valence electrons. The summed E-state index contributed by atoms with van der Waals surface area (Å²) in [4.78, 5) is 11.9. The minimum absolute atomic E-state index is 0.0404. The molecule has 0 aliphatic heterocycles. The van der Waals surface area contributed by atoms with E-state index in [1.807, 2.05) is 19.9 Å². The fourth-order valence-electron chi connectivity index (χ4n) is 1.40. The third kappa shape index (κ3) is 4.13. The molecule has 0 saturated heterocycles. The normalized spacial score (nSPS) is 11.7. The first-order chi connectivity index (χ1) is 8.58. The Balaban J connectivity index is 2.67. The van der Waals surface area contributed by atoms with Gasteiger partial charge in [0.25, 0.3) is 0 Å². The molecule has 5 heteroatoms. The molecule has 1 rings (SSSR count). The summed E-state index contributed by atoms with van der Waals surface area (Å²) in [7, 11) is 0. The molecule has 1 unspecified atom stereocenters. The van der Waals surface area contributed by atoms with Crippen LogP contribution in [0.5, 0.6) is 0 Å². The van der Waals surface area contributed by atoms with Gasteiger partial charge in [0.2, 0.25) is 5.91 Å². The molecule has 0 saturated carbocycles. The van der Waals surface area contributed by atoms with Crippen LogP contribution in [0.1, 0.15) is 19.4 Å². The van der Waals surface area contributed by atoms with E-state index in [4.69, 9.17) is 5.26 Å².